The van der Waals surface area contributed by atoms with Crippen LogP contribution in [0.4, 0.5) is 0 Å². The molecule has 0 spiro atoms. The molecule has 5 aromatic rings. The van der Waals surface area contributed by atoms with Gasteiger partial charge in [-0.1, -0.05) is 103 Å². The number of nitrogens with one attached hydrogen (secondary N) is 2. The number of benzene rings is 4. The summed E-state index contributed by atoms with van der Waals surface area (Å²) < 4.78 is 5.17. The molecule has 1 unspecified atom stereocenters. The van der Waals surface area contributed by atoms with Crippen molar-refractivity contribution in [2.75, 3.05) is 13.7 Å². The molecule has 0 amide bonds. The van der Waals surface area contributed by atoms with Gasteiger partial charge in [-0.25, -0.2) is 0 Å². The summed E-state index contributed by atoms with van der Waals surface area (Å²) in [6, 6.07) is 39.9. The summed E-state index contributed by atoms with van der Waals surface area (Å²) in [7, 11) is 1.59. The Hall–Kier alpha value is -3.86. The molecular weight excluding hydrogens is 504 g/mol. The zero-order chi connectivity index (χ0) is 26.7. The van der Waals surface area contributed by atoms with Crippen molar-refractivity contribution in [3.05, 3.63) is 148 Å². The van der Waals surface area contributed by atoms with E-state index in [-0.39, 0.29) is 18.0 Å². The molecule has 5 rings (SSSR count). The van der Waals surface area contributed by atoms with E-state index in [1.165, 1.54) is 16.7 Å². The van der Waals surface area contributed by atoms with Crippen molar-refractivity contribution in [3.8, 4) is 5.75 Å². The smallest absolute Gasteiger partial charge is 0.248 e. The third-order valence-electron chi connectivity index (χ3n) is 6.85. The van der Waals surface area contributed by atoms with Crippen LogP contribution in [-0.2, 0) is 0 Å². The molecule has 4 aromatic carbocycles. The molecule has 0 aliphatic carbocycles. The maximum absolute atomic E-state index is 11.3. The minimum atomic E-state index is -0.0977. The van der Waals surface area contributed by atoms with E-state index in [9.17, 15) is 4.79 Å². The van der Waals surface area contributed by atoms with Gasteiger partial charge in [-0.15, -0.1) is 12.4 Å². The van der Waals surface area contributed by atoms with Gasteiger partial charge < -0.3 is 15.0 Å². The number of ether oxygens (including phenoxy) is 1. The Morgan fingerprint density at radius 2 is 1.31 bits per heavy atom. The lowest BCUT2D eigenvalue weighted by molar-refractivity contribution is 0.419. The molecule has 1 heterocycles. The van der Waals surface area contributed by atoms with E-state index in [2.05, 4.69) is 108 Å². The van der Waals surface area contributed by atoms with Crippen molar-refractivity contribution in [2.24, 2.45) is 0 Å². The topological polar surface area (TPSA) is 54.1 Å². The second-order valence-corrected chi connectivity index (χ2v) is 9.45. The first-order chi connectivity index (χ1) is 18.6. The van der Waals surface area contributed by atoms with Gasteiger partial charge in [-0.2, -0.15) is 0 Å². The minimum absolute atomic E-state index is 0. The first kappa shape index (κ1) is 29.7. The van der Waals surface area contributed by atoms with Gasteiger partial charge in [0.1, 0.15) is 5.75 Å². The number of pyridine rings is 1. The largest absolute Gasteiger partial charge is 0.495 e. The molecule has 2 N–H and O–H groups in total. The standard InChI is InChI=1S/C23H25N.C11H11NO2.ClH/c1-19(20-11-5-2-6-12-20)24-18-17-23(21-13-7-3-8-14-21)22-15-9-4-10-16-22;1-7-6-10(13)12-11-8(7)4-3-5-9(11)14-2;/h2-16,19,23-24H,17-18H2,1H3;3-6H,1-2H3,(H,12,13);1H. The molecule has 0 fully saturated rings. The van der Waals surface area contributed by atoms with Crippen LogP contribution in [0.2, 0.25) is 0 Å². The number of methoxy groups -OCH3 is 1. The molecule has 4 nitrogen and oxygen atoms in total. The molecule has 0 radical (unpaired) electrons. The summed E-state index contributed by atoms with van der Waals surface area (Å²) in [6.45, 7) is 5.14. The Labute approximate surface area is 237 Å². The van der Waals surface area contributed by atoms with E-state index in [1.807, 2.05) is 25.1 Å². The number of rotatable bonds is 8. The van der Waals surface area contributed by atoms with Crippen LogP contribution < -0.4 is 15.6 Å². The van der Waals surface area contributed by atoms with Gasteiger partial charge in [0.25, 0.3) is 0 Å². The Morgan fingerprint density at radius 1 is 0.769 bits per heavy atom. The summed E-state index contributed by atoms with van der Waals surface area (Å²) in [5.74, 6) is 1.13. The fourth-order valence-corrected chi connectivity index (χ4v) is 4.79. The number of para-hydroxylation sites is 1. The van der Waals surface area contributed by atoms with Gasteiger partial charge in [0, 0.05) is 23.4 Å². The number of aromatic nitrogens is 1. The monoisotopic (exact) mass is 540 g/mol. The maximum Gasteiger partial charge on any atom is 0.248 e. The van der Waals surface area contributed by atoms with Gasteiger partial charge in [-0.3, -0.25) is 4.79 Å². The number of H-pyrrole nitrogens is 1. The summed E-state index contributed by atoms with van der Waals surface area (Å²) in [6.07, 6.45) is 1.09. The minimum Gasteiger partial charge on any atom is -0.495 e. The molecule has 0 saturated heterocycles. The van der Waals surface area contributed by atoms with Gasteiger partial charge in [0.15, 0.2) is 0 Å². The molecule has 39 heavy (non-hydrogen) atoms. The number of halogens is 1. The predicted octanol–water partition coefficient (Wildman–Crippen LogP) is 7.83. The van der Waals surface area contributed by atoms with Crippen LogP contribution in [0, 0.1) is 6.92 Å². The number of aromatic amines is 1. The third kappa shape index (κ3) is 8.06. The lowest BCUT2D eigenvalue weighted by Crippen LogP contribution is -2.21. The maximum atomic E-state index is 11.3. The molecule has 0 aliphatic heterocycles. The van der Waals surface area contributed by atoms with Crippen molar-refractivity contribution in [1.82, 2.24) is 10.3 Å². The molecule has 1 atom stereocenters. The molecule has 202 valence electrons. The van der Waals surface area contributed by atoms with Gasteiger partial charge >= 0.3 is 0 Å². The summed E-state index contributed by atoms with van der Waals surface area (Å²) in [5, 5.41) is 4.69. The lowest BCUT2D eigenvalue weighted by Gasteiger charge is -2.20. The van der Waals surface area contributed by atoms with Crippen LogP contribution in [-0.4, -0.2) is 18.6 Å². The third-order valence-corrected chi connectivity index (χ3v) is 6.85. The molecule has 0 aliphatic rings. The Balaban J connectivity index is 0.000000239. The highest BCUT2D eigenvalue weighted by molar-refractivity contribution is 5.87. The molecule has 1 aromatic heterocycles. The van der Waals surface area contributed by atoms with Crippen molar-refractivity contribution in [2.45, 2.75) is 32.2 Å². The number of fused-ring (bicyclic) bond motifs is 1. The van der Waals surface area contributed by atoms with Crippen LogP contribution in [0.15, 0.2) is 120 Å². The Bertz CT molecular complexity index is 1430. The Kier molecular flexibility index (Phi) is 11.4. The van der Waals surface area contributed by atoms with Crippen molar-refractivity contribution in [3.63, 3.8) is 0 Å². The molecule has 0 saturated carbocycles. The van der Waals surface area contributed by atoms with E-state index in [0.717, 1.165) is 29.4 Å². The second-order valence-electron chi connectivity index (χ2n) is 9.45. The summed E-state index contributed by atoms with van der Waals surface area (Å²) in [5.41, 5.74) is 5.74. The zero-order valence-electron chi connectivity index (χ0n) is 22.8. The molecule has 0 bridgehead atoms. The highest BCUT2D eigenvalue weighted by atomic mass is 35.5. The van der Waals surface area contributed by atoms with E-state index in [0.29, 0.717) is 17.7 Å². The number of hydrogen-bond donors (Lipinski definition) is 2. The van der Waals surface area contributed by atoms with Crippen LogP contribution in [0.25, 0.3) is 10.9 Å². The Morgan fingerprint density at radius 3 is 1.85 bits per heavy atom. The van der Waals surface area contributed by atoms with E-state index >= 15 is 0 Å². The van der Waals surface area contributed by atoms with Crippen LogP contribution >= 0.6 is 12.4 Å². The zero-order valence-corrected chi connectivity index (χ0v) is 23.6. The number of aryl methyl sites for hydroxylation is 1. The van der Waals surface area contributed by atoms with Gasteiger partial charge in [-0.05, 0) is 55.1 Å². The average Bonchev–Trinajstić information content (AvgIpc) is 2.96. The lowest BCUT2D eigenvalue weighted by atomic mass is 9.88. The summed E-state index contributed by atoms with van der Waals surface area (Å²) >= 11 is 0. The van der Waals surface area contributed by atoms with Gasteiger partial charge in [0.05, 0.1) is 12.6 Å². The summed E-state index contributed by atoms with van der Waals surface area (Å²) in [4.78, 5) is 14.0. The second kappa shape index (κ2) is 14.9. The SMILES string of the molecule is CC(NCCC(c1ccccc1)c1ccccc1)c1ccccc1.COc1cccc2c(C)cc(=O)[nH]c12.Cl. The molecular formula is C34H37ClN2O2. The molecule has 5 heteroatoms. The predicted molar refractivity (Wildman–Crippen MR) is 165 cm³/mol. The number of hydrogen-bond acceptors (Lipinski definition) is 3. The first-order valence-electron chi connectivity index (χ1n) is 13.1. The van der Waals surface area contributed by atoms with Crippen LogP contribution in [0.1, 0.15) is 47.6 Å². The van der Waals surface area contributed by atoms with Gasteiger partial charge in [0.2, 0.25) is 5.56 Å². The van der Waals surface area contributed by atoms with Crippen LogP contribution in [0.5, 0.6) is 5.75 Å². The highest BCUT2D eigenvalue weighted by Crippen LogP contribution is 2.28. The fourth-order valence-electron chi connectivity index (χ4n) is 4.79. The normalized spacial score (nSPS) is 11.3. The van der Waals surface area contributed by atoms with E-state index < -0.39 is 0 Å². The fraction of sp³-hybridized carbons (Fsp3) is 0.206. The van der Waals surface area contributed by atoms with Crippen molar-refractivity contribution >= 4 is 23.3 Å². The van der Waals surface area contributed by atoms with Crippen molar-refractivity contribution in [1.29, 1.82) is 0 Å². The van der Waals surface area contributed by atoms with Crippen LogP contribution in [0.3, 0.4) is 0 Å². The highest BCUT2D eigenvalue weighted by Gasteiger charge is 2.14. The quantitative estimate of drug-likeness (QED) is 0.211. The average molecular weight is 541 g/mol. The van der Waals surface area contributed by atoms with Crippen molar-refractivity contribution < 1.29 is 4.74 Å². The van der Waals surface area contributed by atoms with E-state index in [1.54, 1.807) is 13.2 Å². The van der Waals surface area contributed by atoms with E-state index in [4.69, 9.17) is 4.74 Å². The first-order valence-corrected chi connectivity index (χ1v) is 13.1.